The van der Waals surface area contributed by atoms with Gasteiger partial charge in [0.25, 0.3) is 11.5 Å². The van der Waals surface area contributed by atoms with Crippen LogP contribution in [0.2, 0.25) is 0 Å². The SMILES string of the molecule is C=CCn1c(=S)[nH]c2cc(C(=O)NC3CCc4ccccc43)ccc2c1=O. The third kappa shape index (κ3) is 3.13. The quantitative estimate of drug-likeness (QED) is 0.539. The molecule has 0 radical (unpaired) electrons. The topological polar surface area (TPSA) is 66.9 Å². The van der Waals surface area contributed by atoms with Crippen LogP contribution >= 0.6 is 12.2 Å². The third-order valence-electron chi connectivity index (χ3n) is 4.99. The molecule has 1 aliphatic carbocycles. The van der Waals surface area contributed by atoms with Crippen molar-refractivity contribution in [3.8, 4) is 0 Å². The van der Waals surface area contributed by atoms with Crippen molar-refractivity contribution in [1.29, 1.82) is 0 Å². The Kier molecular flexibility index (Phi) is 4.49. The van der Waals surface area contributed by atoms with Crippen LogP contribution in [0, 0.1) is 4.77 Å². The summed E-state index contributed by atoms with van der Waals surface area (Å²) in [5.74, 6) is -0.159. The monoisotopic (exact) mass is 377 g/mol. The first kappa shape index (κ1) is 17.4. The number of rotatable bonds is 4. The number of benzene rings is 2. The lowest BCUT2D eigenvalue weighted by molar-refractivity contribution is 0.0937. The number of aromatic nitrogens is 2. The van der Waals surface area contributed by atoms with Crippen LogP contribution in [0.5, 0.6) is 0 Å². The van der Waals surface area contributed by atoms with E-state index in [9.17, 15) is 9.59 Å². The van der Waals surface area contributed by atoms with E-state index >= 15 is 0 Å². The summed E-state index contributed by atoms with van der Waals surface area (Å²) in [5, 5.41) is 3.60. The fraction of sp³-hybridized carbons (Fsp3) is 0.190. The number of amides is 1. The number of allylic oxidation sites excluding steroid dienone is 1. The van der Waals surface area contributed by atoms with E-state index in [0.717, 1.165) is 12.8 Å². The first-order valence-electron chi connectivity index (χ1n) is 8.85. The molecule has 6 heteroatoms. The van der Waals surface area contributed by atoms with Gasteiger partial charge in [0.2, 0.25) is 0 Å². The van der Waals surface area contributed by atoms with Crippen molar-refractivity contribution in [2.75, 3.05) is 0 Å². The van der Waals surface area contributed by atoms with E-state index < -0.39 is 0 Å². The molecule has 136 valence electrons. The molecule has 1 aliphatic rings. The number of hydrogen-bond acceptors (Lipinski definition) is 3. The highest BCUT2D eigenvalue weighted by Crippen LogP contribution is 2.30. The molecule has 0 aliphatic heterocycles. The lowest BCUT2D eigenvalue weighted by Crippen LogP contribution is -2.27. The minimum Gasteiger partial charge on any atom is -0.345 e. The lowest BCUT2D eigenvalue weighted by Gasteiger charge is -2.14. The summed E-state index contributed by atoms with van der Waals surface area (Å²) in [6.07, 6.45) is 3.49. The van der Waals surface area contributed by atoms with E-state index in [-0.39, 0.29) is 17.5 Å². The van der Waals surface area contributed by atoms with Gasteiger partial charge >= 0.3 is 0 Å². The van der Waals surface area contributed by atoms with E-state index in [2.05, 4.69) is 29.0 Å². The molecule has 27 heavy (non-hydrogen) atoms. The maximum Gasteiger partial charge on any atom is 0.262 e. The van der Waals surface area contributed by atoms with Gasteiger partial charge in [0, 0.05) is 12.1 Å². The molecule has 1 unspecified atom stereocenters. The molecule has 0 saturated heterocycles. The van der Waals surface area contributed by atoms with Gasteiger partial charge in [0.15, 0.2) is 4.77 Å². The standard InChI is InChI=1S/C21H19N3O2S/c1-2-11-24-20(26)16-9-7-14(12-18(16)23-21(24)27)19(25)22-17-10-8-13-5-3-4-6-15(13)17/h2-7,9,12,17H,1,8,10-11H2,(H,22,25)(H,23,27). The molecule has 0 saturated carbocycles. The Bertz CT molecular complexity index is 1180. The minimum absolute atomic E-state index is 0.0171. The zero-order valence-corrected chi connectivity index (χ0v) is 15.5. The van der Waals surface area contributed by atoms with Crippen molar-refractivity contribution in [2.24, 2.45) is 0 Å². The summed E-state index contributed by atoms with van der Waals surface area (Å²) in [5.41, 5.74) is 3.33. The van der Waals surface area contributed by atoms with E-state index in [0.29, 0.717) is 27.8 Å². The Hall–Kier alpha value is -2.99. The van der Waals surface area contributed by atoms with E-state index in [1.54, 1.807) is 24.3 Å². The van der Waals surface area contributed by atoms with Gasteiger partial charge in [-0.2, -0.15) is 0 Å². The number of hydrogen-bond donors (Lipinski definition) is 2. The molecular formula is C21H19N3O2S. The number of aromatic amines is 1. The van der Waals surface area contributed by atoms with Crippen LogP contribution in [0.1, 0.15) is 33.9 Å². The highest BCUT2D eigenvalue weighted by atomic mass is 32.1. The summed E-state index contributed by atoms with van der Waals surface area (Å²) >= 11 is 5.26. The number of aryl methyl sites for hydroxylation is 1. The van der Waals surface area contributed by atoms with Crippen molar-refractivity contribution >= 4 is 29.0 Å². The number of carbonyl (C=O) groups excluding carboxylic acids is 1. The average molecular weight is 377 g/mol. The molecule has 3 aromatic rings. The Morgan fingerprint density at radius 3 is 2.96 bits per heavy atom. The molecule has 4 rings (SSSR count). The van der Waals surface area contributed by atoms with Gasteiger partial charge in [0.1, 0.15) is 0 Å². The minimum atomic E-state index is -0.190. The Morgan fingerprint density at radius 1 is 1.33 bits per heavy atom. The molecule has 1 amide bonds. The van der Waals surface area contributed by atoms with Gasteiger partial charge in [-0.05, 0) is 54.4 Å². The highest BCUT2D eigenvalue weighted by Gasteiger charge is 2.24. The van der Waals surface area contributed by atoms with Crippen LogP contribution in [0.3, 0.4) is 0 Å². The third-order valence-corrected chi connectivity index (χ3v) is 5.32. The molecule has 1 atom stereocenters. The fourth-order valence-electron chi connectivity index (χ4n) is 3.64. The molecule has 0 fully saturated rings. The lowest BCUT2D eigenvalue weighted by atomic mass is 10.1. The van der Waals surface area contributed by atoms with Crippen molar-refractivity contribution in [3.63, 3.8) is 0 Å². The van der Waals surface area contributed by atoms with Gasteiger partial charge in [-0.25, -0.2) is 0 Å². The second-order valence-electron chi connectivity index (χ2n) is 6.66. The first-order chi connectivity index (χ1) is 13.1. The van der Waals surface area contributed by atoms with E-state index in [4.69, 9.17) is 12.2 Å². The van der Waals surface area contributed by atoms with Crippen molar-refractivity contribution in [3.05, 3.63) is 86.9 Å². The van der Waals surface area contributed by atoms with Gasteiger partial charge in [-0.3, -0.25) is 14.2 Å². The maximum atomic E-state index is 12.7. The van der Waals surface area contributed by atoms with Gasteiger partial charge in [-0.15, -0.1) is 6.58 Å². The van der Waals surface area contributed by atoms with Crippen LogP contribution < -0.4 is 10.9 Å². The van der Waals surface area contributed by atoms with Crippen LogP contribution in [-0.2, 0) is 13.0 Å². The molecule has 0 spiro atoms. The van der Waals surface area contributed by atoms with Crippen LogP contribution in [0.25, 0.3) is 10.9 Å². The summed E-state index contributed by atoms with van der Waals surface area (Å²) in [6.45, 7) is 3.99. The molecule has 5 nitrogen and oxygen atoms in total. The molecule has 1 aromatic heterocycles. The number of carbonyl (C=O) groups is 1. The first-order valence-corrected chi connectivity index (χ1v) is 9.26. The van der Waals surface area contributed by atoms with Crippen molar-refractivity contribution in [1.82, 2.24) is 14.9 Å². The molecule has 2 aromatic carbocycles. The molecule has 0 bridgehead atoms. The second kappa shape index (κ2) is 6.96. The zero-order chi connectivity index (χ0) is 19.0. The van der Waals surface area contributed by atoms with Gasteiger partial charge < -0.3 is 10.3 Å². The smallest absolute Gasteiger partial charge is 0.262 e. The molecule has 2 N–H and O–H groups in total. The summed E-state index contributed by atoms with van der Waals surface area (Å²) < 4.78 is 1.76. The normalized spacial score (nSPS) is 15.5. The van der Waals surface area contributed by atoms with Crippen molar-refractivity contribution < 1.29 is 4.79 Å². The van der Waals surface area contributed by atoms with Crippen LogP contribution in [0.15, 0.2) is 59.9 Å². The van der Waals surface area contributed by atoms with Gasteiger partial charge in [0.05, 0.1) is 16.9 Å². The highest BCUT2D eigenvalue weighted by molar-refractivity contribution is 7.71. The van der Waals surface area contributed by atoms with Crippen molar-refractivity contribution in [2.45, 2.75) is 25.4 Å². The summed E-state index contributed by atoms with van der Waals surface area (Å²) in [7, 11) is 0. The molecular weight excluding hydrogens is 358 g/mol. The number of nitrogens with one attached hydrogen (secondary N) is 2. The Balaban J connectivity index is 1.65. The molecule has 1 heterocycles. The average Bonchev–Trinajstić information content (AvgIpc) is 3.07. The van der Waals surface area contributed by atoms with Gasteiger partial charge in [-0.1, -0.05) is 30.3 Å². The number of nitrogens with zero attached hydrogens (tertiary/aromatic N) is 1. The van der Waals surface area contributed by atoms with Crippen LogP contribution in [0.4, 0.5) is 0 Å². The largest absolute Gasteiger partial charge is 0.345 e. The second-order valence-corrected chi connectivity index (χ2v) is 7.05. The summed E-state index contributed by atoms with van der Waals surface area (Å²) in [4.78, 5) is 28.3. The maximum absolute atomic E-state index is 12.7. The number of fused-ring (bicyclic) bond motifs is 2. The number of H-pyrrole nitrogens is 1. The Labute approximate surface area is 161 Å². The predicted molar refractivity (Wildman–Crippen MR) is 109 cm³/mol. The predicted octanol–water partition coefficient (Wildman–Crippen LogP) is 3.66. The Morgan fingerprint density at radius 2 is 2.15 bits per heavy atom. The zero-order valence-electron chi connectivity index (χ0n) is 14.7. The van der Waals surface area contributed by atoms with E-state index in [1.165, 1.54) is 15.7 Å². The van der Waals surface area contributed by atoms with Crippen LogP contribution in [-0.4, -0.2) is 15.5 Å². The summed E-state index contributed by atoms with van der Waals surface area (Å²) in [6, 6.07) is 13.2. The van der Waals surface area contributed by atoms with E-state index in [1.807, 2.05) is 12.1 Å². The fourth-order valence-corrected chi connectivity index (χ4v) is 3.91.